The third-order valence-electron chi connectivity index (χ3n) is 27.2. The second kappa shape index (κ2) is 82.4. The van der Waals surface area contributed by atoms with Gasteiger partial charge in [-0.1, -0.05) is 512 Å². The molecule has 0 saturated carbocycles. The van der Waals surface area contributed by atoms with Gasteiger partial charge in [-0.2, -0.15) is 0 Å². The van der Waals surface area contributed by atoms with E-state index in [9.17, 15) is 0 Å². The van der Waals surface area contributed by atoms with Crippen LogP contribution in [0.3, 0.4) is 0 Å². The maximum absolute atomic E-state index is 2.45. The predicted octanol–water partition coefficient (Wildman–Crippen LogP) is 38.9. The van der Waals surface area contributed by atoms with E-state index in [2.05, 4.69) is 69.2 Å². The lowest BCUT2D eigenvalue weighted by Crippen LogP contribution is -2.83. The molecule has 0 bridgehead atoms. The van der Waals surface area contributed by atoms with Crippen LogP contribution >= 0.6 is 0 Å². The molecular formula is C103H210N+. The van der Waals surface area contributed by atoms with E-state index in [4.69, 9.17) is 0 Å². The molecule has 0 atom stereocenters. The molecule has 104 heavy (non-hydrogen) atoms. The van der Waals surface area contributed by atoms with Gasteiger partial charge in [-0.15, -0.1) is 0 Å². The van der Waals surface area contributed by atoms with Crippen molar-refractivity contribution in [1.29, 1.82) is 0 Å². The van der Waals surface area contributed by atoms with E-state index in [1.54, 1.807) is 68.8 Å². The van der Waals surface area contributed by atoms with Gasteiger partial charge >= 0.3 is 0 Å². The second-order valence-electron chi connectivity index (χ2n) is 36.7. The summed E-state index contributed by atoms with van der Waals surface area (Å²) in [6, 6.07) is 0. The third-order valence-corrected chi connectivity index (χ3v) is 27.2. The van der Waals surface area contributed by atoms with Gasteiger partial charge in [0.15, 0.2) is 0 Å². The van der Waals surface area contributed by atoms with Crippen LogP contribution in [0.1, 0.15) is 641 Å². The summed E-state index contributed by atoms with van der Waals surface area (Å²) in [6.45, 7) is 25.9. The van der Waals surface area contributed by atoms with Gasteiger partial charge in [0.05, 0.1) is 6.54 Å². The van der Waals surface area contributed by atoms with Crippen LogP contribution < -0.4 is 0 Å². The third kappa shape index (κ3) is 55.4. The van der Waals surface area contributed by atoms with Crippen molar-refractivity contribution in [3.63, 3.8) is 0 Å². The fraction of sp³-hybridized carbons (Fsp3) is 1.00. The molecule has 0 heterocycles. The zero-order chi connectivity index (χ0) is 75.6. The van der Waals surface area contributed by atoms with Gasteiger partial charge in [-0.05, 0) is 70.6 Å². The molecule has 0 unspecified atom stereocenters. The standard InChI is InChI=1S/C103H210N/c1-11-21-31-41-51-61-71-81-91-101(92-82-72-62-52-42-32-22-12-2,93-83-73-63-53-43-33-23-13-3)104(100-90-80-70-60-50-40-30-20-10,102(94-84-74-64-54-44-34-24-14-4,95-85-75-65-55-45-35-25-15-5)96-86-76-66-56-46-36-26-16-6)103(97-87-77-67-57-47-37-27-17-7,98-88-78-68-58-48-38-28-18-8)99-89-79-69-59-49-39-29-19-9/h11-100H2,1-10H3/q+1. The van der Waals surface area contributed by atoms with Crippen molar-refractivity contribution < 1.29 is 4.48 Å². The average Bonchev–Trinajstić information content (AvgIpc) is 0.689. The highest BCUT2D eigenvalue weighted by molar-refractivity contribution is 5.01. The Morgan fingerprint density at radius 3 is 0.298 bits per heavy atom. The first kappa shape index (κ1) is 104. The minimum atomic E-state index is 0.342. The van der Waals surface area contributed by atoms with E-state index in [0.29, 0.717) is 16.6 Å². The Balaban J connectivity index is 10.2. The van der Waals surface area contributed by atoms with E-state index in [0.717, 1.165) is 0 Å². The van der Waals surface area contributed by atoms with Gasteiger partial charge in [-0.3, -0.25) is 0 Å². The van der Waals surface area contributed by atoms with Gasteiger partial charge in [0.25, 0.3) is 0 Å². The Morgan fingerprint density at radius 1 is 0.106 bits per heavy atom. The van der Waals surface area contributed by atoms with Crippen LogP contribution in [0.2, 0.25) is 0 Å². The van der Waals surface area contributed by atoms with E-state index in [-0.39, 0.29) is 0 Å². The summed E-state index contributed by atoms with van der Waals surface area (Å²) in [5.41, 5.74) is 1.03. The topological polar surface area (TPSA) is 0 Å². The van der Waals surface area contributed by atoms with Gasteiger partial charge < -0.3 is 4.48 Å². The van der Waals surface area contributed by atoms with Crippen LogP contribution in [-0.2, 0) is 0 Å². The van der Waals surface area contributed by atoms with Crippen LogP contribution in [0, 0.1) is 0 Å². The van der Waals surface area contributed by atoms with Crippen molar-refractivity contribution in [2.75, 3.05) is 6.54 Å². The van der Waals surface area contributed by atoms with Crippen LogP contribution in [-0.4, -0.2) is 27.6 Å². The zero-order valence-electron chi connectivity index (χ0n) is 75.6. The molecule has 0 aromatic heterocycles. The van der Waals surface area contributed by atoms with E-state index in [1.807, 2.05) is 0 Å². The highest BCUT2D eigenvalue weighted by Crippen LogP contribution is 2.61. The van der Waals surface area contributed by atoms with Crippen LogP contribution in [0.4, 0.5) is 0 Å². The van der Waals surface area contributed by atoms with Crippen molar-refractivity contribution in [2.45, 2.75) is 657 Å². The molecular weight excluding hydrogens is 1250 g/mol. The summed E-state index contributed by atoms with van der Waals surface area (Å²) in [7, 11) is 0. The highest BCUT2D eigenvalue weighted by atomic mass is 15.5. The molecule has 0 N–H and O–H groups in total. The van der Waals surface area contributed by atoms with E-state index in [1.165, 1.54) is 514 Å². The molecule has 626 valence electrons. The lowest BCUT2D eigenvalue weighted by atomic mass is 9.62. The molecule has 0 aromatic rings. The summed E-state index contributed by atoms with van der Waals surface area (Å²) in [6.07, 6.45) is 132. The van der Waals surface area contributed by atoms with Crippen LogP contribution in [0.5, 0.6) is 0 Å². The van der Waals surface area contributed by atoms with E-state index >= 15 is 0 Å². The van der Waals surface area contributed by atoms with Gasteiger partial charge in [0.1, 0.15) is 16.6 Å². The number of quaternary nitrogens is 1. The molecule has 0 aliphatic rings. The van der Waals surface area contributed by atoms with Gasteiger partial charge in [-0.25, -0.2) is 0 Å². The van der Waals surface area contributed by atoms with Crippen LogP contribution in [0.25, 0.3) is 0 Å². The highest BCUT2D eigenvalue weighted by Gasteiger charge is 2.68. The molecule has 0 saturated heterocycles. The lowest BCUT2D eigenvalue weighted by Gasteiger charge is -2.72. The normalized spacial score (nSPS) is 12.5. The quantitative estimate of drug-likeness (QED) is 0.0421. The number of unbranched alkanes of at least 4 members (excludes halogenated alkanes) is 70. The Hall–Kier alpha value is -0.0400. The molecule has 0 rings (SSSR count). The summed E-state index contributed by atoms with van der Waals surface area (Å²) in [4.78, 5) is 0. The molecule has 0 amide bonds. The van der Waals surface area contributed by atoms with Gasteiger partial charge in [0.2, 0.25) is 0 Å². The van der Waals surface area contributed by atoms with Crippen molar-refractivity contribution in [3.8, 4) is 0 Å². The summed E-state index contributed by atoms with van der Waals surface area (Å²) in [5, 5.41) is 0. The lowest BCUT2D eigenvalue weighted by molar-refractivity contribution is -1.07. The van der Waals surface area contributed by atoms with Crippen molar-refractivity contribution in [3.05, 3.63) is 0 Å². The molecule has 0 aromatic carbocycles. The Bertz CT molecular complexity index is 1240. The SMILES string of the molecule is CCCCCCCCCCC(CCCCCCCCCC)(CCCCCCCCCC)[N+](CCCCCCCCCC)(C(CCCCCCCCCC)(CCCCCCCCCC)CCCCCCCCCC)C(CCCCCCCCCC)(CCCCCCCCCC)CCCCCCCCCC. The van der Waals surface area contributed by atoms with Crippen LogP contribution in [0.15, 0.2) is 0 Å². The average molecular weight is 1460 g/mol. The minimum Gasteiger partial charge on any atom is -0.309 e. The predicted molar refractivity (Wildman–Crippen MR) is 481 cm³/mol. The van der Waals surface area contributed by atoms with E-state index < -0.39 is 0 Å². The minimum absolute atomic E-state index is 0.342. The molecule has 0 aliphatic heterocycles. The molecule has 0 radical (unpaired) electrons. The molecule has 0 aliphatic carbocycles. The Morgan fingerprint density at radius 2 is 0.192 bits per heavy atom. The summed E-state index contributed by atoms with van der Waals surface area (Å²) < 4.78 is 1.65. The smallest absolute Gasteiger partial charge is 0.100 e. The number of hydrogen-bond donors (Lipinski definition) is 0. The first-order valence-electron chi connectivity index (χ1n) is 51.2. The maximum atomic E-state index is 2.45. The fourth-order valence-electron chi connectivity index (χ4n) is 20.8. The molecule has 0 fully saturated rings. The summed E-state index contributed by atoms with van der Waals surface area (Å²) in [5.74, 6) is 0. The number of rotatable bonds is 93. The molecule has 0 spiro atoms. The maximum Gasteiger partial charge on any atom is 0.100 e. The Labute approximate surface area is 664 Å². The van der Waals surface area contributed by atoms with Crippen molar-refractivity contribution in [2.24, 2.45) is 0 Å². The largest absolute Gasteiger partial charge is 0.309 e. The number of nitrogens with zero attached hydrogens (tertiary/aromatic N) is 1. The van der Waals surface area contributed by atoms with Crippen molar-refractivity contribution in [1.82, 2.24) is 0 Å². The first-order chi connectivity index (χ1) is 51.4. The monoisotopic (exact) mass is 1460 g/mol. The molecule has 1 heteroatoms. The summed E-state index contributed by atoms with van der Waals surface area (Å²) >= 11 is 0. The Kier molecular flexibility index (Phi) is 82.4. The van der Waals surface area contributed by atoms with Crippen molar-refractivity contribution >= 4 is 0 Å². The second-order valence-corrected chi connectivity index (χ2v) is 36.7. The first-order valence-corrected chi connectivity index (χ1v) is 51.2. The fourth-order valence-corrected chi connectivity index (χ4v) is 20.8. The zero-order valence-corrected chi connectivity index (χ0v) is 75.6. The number of hydrogen-bond acceptors (Lipinski definition) is 0. The molecule has 1 nitrogen and oxygen atoms in total. The van der Waals surface area contributed by atoms with Gasteiger partial charge in [0, 0.05) is 57.8 Å².